The molecule has 1 aromatic rings. The van der Waals surface area contributed by atoms with E-state index in [9.17, 15) is 0 Å². The summed E-state index contributed by atoms with van der Waals surface area (Å²) in [5, 5.41) is 12.0. The standard InChI is InChI=1S/C16H25N3O/c1-19(14-9-4-2-3-5-10-14)12-13-8-6-7-11-15(13)16(17)18-20/h6-8,11,14,20H,2-5,9-10,12H2,1H3,(H2,17,18). The van der Waals surface area contributed by atoms with Crippen LogP contribution in [0.3, 0.4) is 0 Å². The molecule has 0 bridgehead atoms. The molecule has 0 aliphatic heterocycles. The molecule has 0 aromatic heterocycles. The maximum atomic E-state index is 8.88. The molecule has 20 heavy (non-hydrogen) atoms. The summed E-state index contributed by atoms with van der Waals surface area (Å²) in [5.41, 5.74) is 7.70. The summed E-state index contributed by atoms with van der Waals surface area (Å²) in [4.78, 5) is 2.41. The third-order valence-electron chi connectivity index (χ3n) is 4.27. The lowest BCUT2D eigenvalue weighted by Gasteiger charge is -2.27. The molecular weight excluding hydrogens is 250 g/mol. The van der Waals surface area contributed by atoms with E-state index in [1.54, 1.807) is 0 Å². The van der Waals surface area contributed by atoms with Crippen molar-refractivity contribution in [2.24, 2.45) is 10.9 Å². The fourth-order valence-corrected chi connectivity index (χ4v) is 3.06. The summed E-state index contributed by atoms with van der Waals surface area (Å²) in [6, 6.07) is 8.54. The second-order valence-electron chi connectivity index (χ2n) is 5.70. The molecule has 1 aliphatic carbocycles. The quantitative estimate of drug-likeness (QED) is 0.292. The molecule has 110 valence electrons. The fraction of sp³-hybridized carbons (Fsp3) is 0.562. The Labute approximate surface area is 121 Å². The van der Waals surface area contributed by atoms with Crippen LogP contribution in [0.1, 0.15) is 49.7 Å². The first-order valence-electron chi connectivity index (χ1n) is 7.48. The van der Waals surface area contributed by atoms with E-state index in [2.05, 4.69) is 23.2 Å². The molecule has 1 aromatic carbocycles. The third-order valence-corrected chi connectivity index (χ3v) is 4.27. The molecular formula is C16H25N3O. The van der Waals surface area contributed by atoms with Crippen molar-refractivity contribution >= 4 is 5.84 Å². The van der Waals surface area contributed by atoms with Crippen LogP contribution in [0, 0.1) is 0 Å². The molecule has 1 fully saturated rings. The number of rotatable bonds is 4. The maximum absolute atomic E-state index is 8.88. The molecule has 0 heterocycles. The van der Waals surface area contributed by atoms with Crippen LogP contribution in [0.2, 0.25) is 0 Å². The van der Waals surface area contributed by atoms with Gasteiger partial charge in [0.15, 0.2) is 5.84 Å². The van der Waals surface area contributed by atoms with E-state index in [1.165, 1.54) is 38.5 Å². The van der Waals surface area contributed by atoms with E-state index in [0.29, 0.717) is 6.04 Å². The van der Waals surface area contributed by atoms with Crippen LogP contribution < -0.4 is 5.73 Å². The number of nitrogens with zero attached hydrogens (tertiary/aromatic N) is 2. The molecule has 1 aliphatic rings. The summed E-state index contributed by atoms with van der Waals surface area (Å²) in [6.45, 7) is 0.844. The summed E-state index contributed by atoms with van der Waals surface area (Å²) in [5.74, 6) is 0.190. The predicted octanol–water partition coefficient (Wildman–Crippen LogP) is 2.94. The Morgan fingerprint density at radius 2 is 1.90 bits per heavy atom. The Bertz CT molecular complexity index is 451. The molecule has 4 heteroatoms. The van der Waals surface area contributed by atoms with Crippen molar-refractivity contribution in [3.63, 3.8) is 0 Å². The number of hydrogen-bond donors (Lipinski definition) is 2. The highest BCUT2D eigenvalue weighted by Gasteiger charge is 2.18. The number of nitrogens with two attached hydrogens (primary N) is 1. The Kier molecular flexibility index (Phi) is 5.41. The largest absolute Gasteiger partial charge is 0.409 e. The number of benzene rings is 1. The van der Waals surface area contributed by atoms with Crippen LogP contribution in [0.25, 0.3) is 0 Å². The molecule has 0 radical (unpaired) electrons. The first-order valence-corrected chi connectivity index (χ1v) is 7.48. The van der Waals surface area contributed by atoms with E-state index in [-0.39, 0.29) is 5.84 Å². The molecule has 0 unspecified atom stereocenters. The molecule has 0 saturated heterocycles. The van der Waals surface area contributed by atoms with E-state index in [1.807, 2.05) is 18.2 Å². The smallest absolute Gasteiger partial charge is 0.170 e. The van der Waals surface area contributed by atoms with Crippen LogP contribution in [0.4, 0.5) is 0 Å². The monoisotopic (exact) mass is 275 g/mol. The van der Waals surface area contributed by atoms with Crippen molar-refractivity contribution in [2.45, 2.75) is 51.1 Å². The van der Waals surface area contributed by atoms with Gasteiger partial charge in [0.1, 0.15) is 0 Å². The lowest BCUT2D eigenvalue weighted by atomic mass is 10.0. The van der Waals surface area contributed by atoms with Gasteiger partial charge in [-0.15, -0.1) is 0 Å². The summed E-state index contributed by atoms with van der Waals surface area (Å²) in [7, 11) is 2.18. The molecule has 0 amide bonds. The molecule has 1 saturated carbocycles. The van der Waals surface area contributed by atoms with Crippen molar-refractivity contribution in [3.8, 4) is 0 Å². The van der Waals surface area contributed by atoms with Gasteiger partial charge >= 0.3 is 0 Å². The van der Waals surface area contributed by atoms with Gasteiger partial charge in [-0.3, -0.25) is 4.90 Å². The topological polar surface area (TPSA) is 61.8 Å². The van der Waals surface area contributed by atoms with Gasteiger partial charge < -0.3 is 10.9 Å². The SMILES string of the molecule is CN(Cc1ccccc1/C(N)=N/O)C1CCCCCC1. The fourth-order valence-electron chi connectivity index (χ4n) is 3.06. The minimum Gasteiger partial charge on any atom is -0.409 e. The Balaban J connectivity index is 2.09. The van der Waals surface area contributed by atoms with Gasteiger partial charge in [0.2, 0.25) is 0 Å². The first kappa shape index (κ1) is 14.9. The zero-order valence-corrected chi connectivity index (χ0v) is 12.3. The minimum atomic E-state index is 0.190. The van der Waals surface area contributed by atoms with Crippen LogP contribution in [0.5, 0.6) is 0 Å². The molecule has 4 nitrogen and oxygen atoms in total. The number of amidine groups is 1. The molecule has 3 N–H and O–H groups in total. The molecule has 0 atom stereocenters. The summed E-state index contributed by atoms with van der Waals surface area (Å²) >= 11 is 0. The van der Waals surface area contributed by atoms with Crippen LogP contribution in [-0.4, -0.2) is 29.0 Å². The van der Waals surface area contributed by atoms with Crippen molar-refractivity contribution in [3.05, 3.63) is 35.4 Å². The van der Waals surface area contributed by atoms with Gasteiger partial charge in [-0.25, -0.2) is 0 Å². The zero-order valence-electron chi connectivity index (χ0n) is 12.3. The number of hydrogen-bond acceptors (Lipinski definition) is 3. The van der Waals surface area contributed by atoms with Crippen LogP contribution in [-0.2, 0) is 6.54 Å². The Hall–Kier alpha value is -1.55. The van der Waals surface area contributed by atoms with Gasteiger partial charge in [-0.1, -0.05) is 55.1 Å². The van der Waals surface area contributed by atoms with Gasteiger partial charge in [0.25, 0.3) is 0 Å². The van der Waals surface area contributed by atoms with Crippen molar-refractivity contribution in [2.75, 3.05) is 7.05 Å². The van der Waals surface area contributed by atoms with Crippen molar-refractivity contribution in [1.82, 2.24) is 4.90 Å². The van der Waals surface area contributed by atoms with E-state index in [4.69, 9.17) is 10.9 Å². The van der Waals surface area contributed by atoms with E-state index in [0.717, 1.165) is 17.7 Å². The van der Waals surface area contributed by atoms with Gasteiger partial charge in [0, 0.05) is 18.2 Å². The Morgan fingerprint density at radius 1 is 1.25 bits per heavy atom. The van der Waals surface area contributed by atoms with Gasteiger partial charge in [-0.2, -0.15) is 0 Å². The molecule has 0 spiro atoms. The van der Waals surface area contributed by atoms with Crippen LogP contribution >= 0.6 is 0 Å². The zero-order chi connectivity index (χ0) is 14.4. The minimum absolute atomic E-state index is 0.190. The van der Waals surface area contributed by atoms with E-state index >= 15 is 0 Å². The number of oxime groups is 1. The maximum Gasteiger partial charge on any atom is 0.170 e. The highest BCUT2D eigenvalue weighted by atomic mass is 16.4. The second kappa shape index (κ2) is 7.29. The van der Waals surface area contributed by atoms with Crippen LogP contribution in [0.15, 0.2) is 29.4 Å². The van der Waals surface area contributed by atoms with Crippen molar-refractivity contribution in [1.29, 1.82) is 0 Å². The predicted molar refractivity (Wildman–Crippen MR) is 81.9 cm³/mol. The van der Waals surface area contributed by atoms with E-state index < -0.39 is 0 Å². The highest BCUT2D eigenvalue weighted by Crippen LogP contribution is 2.23. The lowest BCUT2D eigenvalue weighted by molar-refractivity contribution is 0.213. The highest BCUT2D eigenvalue weighted by molar-refractivity contribution is 5.98. The van der Waals surface area contributed by atoms with Gasteiger partial charge in [-0.05, 0) is 25.5 Å². The molecule has 2 rings (SSSR count). The lowest BCUT2D eigenvalue weighted by Crippen LogP contribution is -2.31. The normalized spacial score (nSPS) is 18.2. The first-order chi connectivity index (χ1) is 9.72. The van der Waals surface area contributed by atoms with Crippen molar-refractivity contribution < 1.29 is 5.21 Å². The Morgan fingerprint density at radius 3 is 2.55 bits per heavy atom. The average Bonchev–Trinajstić information content (AvgIpc) is 2.76. The average molecular weight is 275 g/mol. The third kappa shape index (κ3) is 3.73. The summed E-state index contributed by atoms with van der Waals surface area (Å²) < 4.78 is 0. The second-order valence-corrected chi connectivity index (χ2v) is 5.70. The summed E-state index contributed by atoms with van der Waals surface area (Å²) in [6.07, 6.45) is 7.95. The van der Waals surface area contributed by atoms with Gasteiger partial charge in [0.05, 0.1) is 0 Å².